The van der Waals surface area contributed by atoms with Crippen molar-refractivity contribution in [2.75, 3.05) is 13.7 Å². The molecule has 0 bridgehead atoms. The van der Waals surface area contributed by atoms with Crippen LogP contribution in [0.1, 0.15) is 17.5 Å². The highest BCUT2D eigenvalue weighted by molar-refractivity contribution is 5.69. The van der Waals surface area contributed by atoms with Crippen LogP contribution >= 0.6 is 0 Å². The third kappa shape index (κ3) is 3.55. The molecule has 4 nitrogen and oxygen atoms in total. The van der Waals surface area contributed by atoms with E-state index in [-0.39, 0.29) is 24.8 Å². The highest BCUT2D eigenvalue weighted by Crippen LogP contribution is 2.19. The van der Waals surface area contributed by atoms with Gasteiger partial charge in [0.05, 0.1) is 26.2 Å². The van der Waals surface area contributed by atoms with E-state index < -0.39 is 0 Å². The maximum Gasteiger partial charge on any atom is 0.308 e. The third-order valence-corrected chi connectivity index (χ3v) is 2.96. The zero-order valence-corrected chi connectivity index (χ0v) is 10.7. The van der Waals surface area contributed by atoms with Gasteiger partial charge in [-0.05, 0) is 12.5 Å². The number of rotatable bonds is 4. The Morgan fingerprint density at radius 3 is 2.78 bits per heavy atom. The van der Waals surface area contributed by atoms with E-state index in [2.05, 4.69) is 35.9 Å². The molecule has 0 amide bonds. The molecule has 0 aliphatic carbocycles. The second kappa shape index (κ2) is 5.98. The molecule has 0 aromatic heterocycles. The molecule has 2 atom stereocenters. The summed E-state index contributed by atoms with van der Waals surface area (Å²) in [5, 5.41) is 0. The summed E-state index contributed by atoms with van der Waals surface area (Å²) in [6, 6.07) is 8.26. The van der Waals surface area contributed by atoms with Crippen molar-refractivity contribution in [1.82, 2.24) is 0 Å². The first-order valence-corrected chi connectivity index (χ1v) is 6.07. The minimum atomic E-state index is -0.264. The third-order valence-electron chi connectivity index (χ3n) is 2.96. The number of methoxy groups -OCH3 is 1. The predicted octanol–water partition coefficient (Wildman–Crippen LogP) is 1.84. The summed E-state index contributed by atoms with van der Waals surface area (Å²) >= 11 is 0. The van der Waals surface area contributed by atoms with Crippen molar-refractivity contribution >= 4 is 5.97 Å². The highest BCUT2D eigenvalue weighted by atomic mass is 16.7. The SMILES string of the molecule is COC(=O)CC1COC(Cc2ccc(C)cc2)O1. The molecule has 1 aromatic carbocycles. The van der Waals surface area contributed by atoms with Crippen LogP contribution < -0.4 is 0 Å². The molecule has 2 unspecified atom stereocenters. The molecule has 1 aliphatic rings. The average molecular weight is 250 g/mol. The summed E-state index contributed by atoms with van der Waals surface area (Å²) in [7, 11) is 1.38. The van der Waals surface area contributed by atoms with E-state index in [0.29, 0.717) is 13.0 Å². The van der Waals surface area contributed by atoms with E-state index in [4.69, 9.17) is 9.47 Å². The van der Waals surface area contributed by atoms with Gasteiger partial charge in [-0.2, -0.15) is 0 Å². The van der Waals surface area contributed by atoms with E-state index >= 15 is 0 Å². The zero-order valence-electron chi connectivity index (χ0n) is 10.7. The number of hydrogen-bond donors (Lipinski definition) is 0. The molecule has 1 saturated heterocycles. The number of carbonyl (C=O) groups excluding carboxylic acids is 1. The van der Waals surface area contributed by atoms with Gasteiger partial charge in [0.25, 0.3) is 0 Å². The standard InChI is InChI=1S/C14H18O4/c1-10-3-5-11(6-4-10)7-14-17-9-12(18-14)8-13(15)16-2/h3-6,12,14H,7-9H2,1-2H3. The van der Waals surface area contributed by atoms with Gasteiger partial charge in [0.1, 0.15) is 0 Å². The summed E-state index contributed by atoms with van der Waals surface area (Å²) in [6.07, 6.45) is 0.508. The Balaban J connectivity index is 1.82. The van der Waals surface area contributed by atoms with Crippen LogP contribution in [0.25, 0.3) is 0 Å². The molecule has 0 saturated carbocycles. The molecule has 1 aliphatic heterocycles. The second-order valence-electron chi connectivity index (χ2n) is 4.49. The molecule has 98 valence electrons. The lowest BCUT2D eigenvalue weighted by Crippen LogP contribution is -2.18. The average Bonchev–Trinajstić information content (AvgIpc) is 2.79. The zero-order chi connectivity index (χ0) is 13.0. The van der Waals surface area contributed by atoms with Gasteiger partial charge in [0.15, 0.2) is 6.29 Å². The number of benzene rings is 1. The fourth-order valence-electron chi connectivity index (χ4n) is 1.91. The van der Waals surface area contributed by atoms with E-state index in [1.165, 1.54) is 18.2 Å². The molecule has 0 N–H and O–H groups in total. The van der Waals surface area contributed by atoms with Crippen molar-refractivity contribution in [3.8, 4) is 0 Å². The van der Waals surface area contributed by atoms with Gasteiger partial charge < -0.3 is 14.2 Å². The number of ether oxygens (including phenoxy) is 3. The van der Waals surface area contributed by atoms with Crippen molar-refractivity contribution in [2.24, 2.45) is 0 Å². The van der Waals surface area contributed by atoms with Crippen LogP contribution in [0.4, 0.5) is 0 Å². The first kappa shape index (κ1) is 13.1. The quantitative estimate of drug-likeness (QED) is 0.765. The van der Waals surface area contributed by atoms with E-state index in [0.717, 1.165) is 0 Å². The second-order valence-corrected chi connectivity index (χ2v) is 4.49. The summed E-state index contributed by atoms with van der Waals surface area (Å²) in [4.78, 5) is 11.1. The number of esters is 1. The van der Waals surface area contributed by atoms with Crippen LogP contribution in [0.2, 0.25) is 0 Å². The maximum atomic E-state index is 11.1. The van der Waals surface area contributed by atoms with Crippen molar-refractivity contribution < 1.29 is 19.0 Å². The van der Waals surface area contributed by atoms with Crippen molar-refractivity contribution in [3.63, 3.8) is 0 Å². The Morgan fingerprint density at radius 2 is 2.11 bits per heavy atom. The summed E-state index contributed by atoms with van der Waals surface area (Å²) in [5.74, 6) is -0.264. The minimum Gasteiger partial charge on any atom is -0.469 e. The minimum absolute atomic E-state index is 0.187. The van der Waals surface area contributed by atoms with Crippen LogP contribution in [0.3, 0.4) is 0 Å². The molecule has 1 fully saturated rings. The predicted molar refractivity (Wildman–Crippen MR) is 66.1 cm³/mol. The van der Waals surface area contributed by atoms with Gasteiger partial charge >= 0.3 is 5.97 Å². The van der Waals surface area contributed by atoms with Crippen LogP contribution in [0, 0.1) is 6.92 Å². The van der Waals surface area contributed by atoms with Gasteiger partial charge in [-0.3, -0.25) is 4.79 Å². The van der Waals surface area contributed by atoms with Crippen LogP contribution in [0.15, 0.2) is 24.3 Å². The van der Waals surface area contributed by atoms with Crippen molar-refractivity contribution in [2.45, 2.75) is 32.2 Å². The number of carbonyl (C=O) groups is 1. The molecule has 4 heteroatoms. The molecule has 2 rings (SSSR count). The summed E-state index contributed by atoms with van der Waals surface area (Å²) in [5.41, 5.74) is 2.40. The van der Waals surface area contributed by atoms with Crippen LogP contribution in [-0.2, 0) is 25.4 Å². The molecule has 0 radical (unpaired) electrons. The van der Waals surface area contributed by atoms with Crippen LogP contribution in [0.5, 0.6) is 0 Å². The summed E-state index contributed by atoms with van der Waals surface area (Å²) in [6.45, 7) is 2.50. The lowest BCUT2D eigenvalue weighted by Gasteiger charge is -2.11. The lowest BCUT2D eigenvalue weighted by molar-refractivity contribution is -0.143. The molecule has 0 spiro atoms. The summed E-state index contributed by atoms with van der Waals surface area (Å²) < 4.78 is 15.8. The van der Waals surface area contributed by atoms with E-state index in [1.54, 1.807) is 0 Å². The molecular formula is C14H18O4. The maximum absolute atomic E-state index is 11.1. The first-order chi connectivity index (χ1) is 8.67. The largest absolute Gasteiger partial charge is 0.469 e. The van der Waals surface area contributed by atoms with Gasteiger partial charge in [0.2, 0.25) is 0 Å². The smallest absolute Gasteiger partial charge is 0.308 e. The number of aryl methyl sites for hydroxylation is 1. The highest BCUT2D eigenvalue weighted by Gasteiger charge is 2.28. The molecule has 1 heterocycles. The van der Waals surface area contributed by atoms with Gasteiger partial charge in [-0.15, -0.1) is 0 Å². The lowest BCUT2D eigenvalue weighted by atomic mass is 10.1. The normalized spacial score (nSPS) is 23.0. The Morgan fingerprint density at radius 1 is 1.39 bits per heavy atom. The van der Waals surface area contributed by atoms with Crippen LogP contribution in [-0.4, -0.2) is 32.1 Å². The van der Waals surface area contributed by atoms with Gasteiger partial charge in [0, 0.05) is 6.42 Å². The first-order valence-electron chi connectivity index (χ1n) is 6.07. The monoisotopic (exact) mass is 250 g/mol. The van der Waals surface area contributed by atoms with Crippen molar-refractivity contribution in [1.29, 1.82) is 0 Å². The molecule has 1 aromatic rings. The fraction of sp³-hybridized carbons (Fsp3) is 0.500. The Hall–Kier alpha value is -1.39. The Labute approximate surface area is 107 Å². The fourth-order valence-corrected chi connectivity index (χ4v) is 1.91. The molecule has 18 heavy (non-hydrogen) atoms. The van der Waals surface area contributed by atoms with E-state index in [1.807, 2.05) is 0 Å². The number of hydrogen-bond acceptors (Lipinski definition) is 4. The van der Waals surface area contributed by atoms with Gasteiger partial charge in [-0.1, -0.05) is 29.8 Å². The Bertz CT molecular complexity index is 399. The Kier molecular flexibility index (Phi) is 4.33. The van der Waals surface area contributed by atoms with Gasteiger partial charge in [-0.25, -0.2) is 0 Å². The molecular weight excluding hydrogens is 232 g/mol. The topological polar surface area (TPSA) is 44.8 Å². The van der Waals surface area contributed by atoms with E-state index in [9.17, 15) is 4.79 Å². The van der Waals surface area contributed by atoms with Crippen molar-refractivity contribution in [3.05, 3.63) is 35.4 Å².